The largest absolute Gasteiger partial charge is 0.394 e. The summed E-state index contributed by atoms with van der Waals surface area (Å²) >= 11 is 0. The van der Waals surface area contributed by atoms with Crippen molar-refractivity contribution in [2.75, 3.05) is 39.4 Å². The van der Waals surface area contributed by atoms with Crippen LogP contribution in [-0.2, 0) is 19.0 Å². The summed E-state index contributed by atoms with van der Waals surface area (Å²) in [6.07, 6.45) is -7.43. The SMILES string of the molecule is CCNC(=O)CCCCCN(CCC[C@@H]1O[C@@H](C)[C@@H](O)[C@@H](O)[C@@H]1O)CCOC1O[C@H](CO)[C@@H](O)[C@H](O)[C@H]1O. The summed E-state index contributed by atoms with van der Waals surface area (Å²) in [4.78, 5) is 13.8. The Bertz CT molecular complexity index is 673. The molecule has 2 aliphatic heterocycles. The Hall–Kier alpha value is -0.970. The fourth-order valence-corrected chi connectivity index (χ4v) is 4.81. The van der Waals surface area contributed by atoms with Crippen molar-refractivity contribution in [1.29, 1.82) is 0 Å². The van der Waals surface area contributed by atoms with Gasteiger partial charge >= 0.3 is 0 Å². The molecular formula is C25H48N2O11. The van der Waals surface area contributed by atoms with E-state index in [4.69, 9.17) is 14.2 Å². The van der Waals surface area contributed by atoms with Crippen molar-refractivity contribution < 1.29 is 54.8 Å². The zero-order chi connectivity index (χ0) is 28.2. The molecular weight excluding hydrogens is 504 g/mol. The molecule has 13 nitrogen and oxygen atoms in total. The van der Waals surface area contributed by atoms with Crippen molar-refractivity contribution in [1.82, 2.24) is 10.2 Å². The number of amides is 1. The molecule has 2 fully saturated rings. The van der Waals surface area contributed by atoms with E-state index >= 15 is 0 Å². The minimum atomic E-state index is -1.51. The fourth-order valence-electron chi connectivity index (χ4n) is 4.81. The number of carbonyl (C=O) groups is 1. The summed E-state index contributed by atoms with van der Waals surface area (Å²) in [5.74, 6) is 0.0323. The van der Waals surface area contributed by atoms with Crippen LogP contribution < -0.4 is 5.32 Å². The number of hydrogen-bond acceptors (Lipinski definition) is 12. The Morgan fingerprint density at radius 3 is 2.16 bits per heavy atom. The third kappa shape index (κ3) is 9.89. The molecule has 0 aromatic heterocycles. The lowest BCUT2D eigenvalue weighted by Gasteiger charge is -2.40. The lowest BCUT2D eigenvalue weighted by atomic mass is 9.93. The van der Waals surface area contributed by atoms with Gasteiger partial charge < -0.3 is 60.2 Å². The Balaban J connectivity index is 1.84. The van der Waals surface area contributed by atoms with Crippen LogP contribution in [-0.4, -0.2) is 147 Å². The van der Waals surface area contributed by atoms with E-state index in [1.54, 1.807) is 6.92 Å². The average Bonchev–Trinajstić information content (AvgIpc) is 2.89. The van der Waals surface area contributed by atoms with Crippen LogP contribution in [0.4, 0.5) is 0 Å². The van der Waals surface area contributed by atoms with Gasteiger partial charge in [0.05, 0.1) is 25.4 Å². The zero-order valence-corrected chi connectivity index (χ0v) is 22.5. The van der Waals surface area contributed by atoms with E-state index in [2.05, 4.69) is 10.2 Å². The third-order valence-corrected chi connectivity index (χ3v) is 7.20. The Morgan fingerprint density at radius 1 is 0.816 bits per heavy atom. The molecule has 2 aliphatic rings. The maximum Gasteiger partial charge on any atom is 0.219 e. The number of aliphatic hydroxyl groups is 7. The number of hydrogen-bond donors (Lipinski definition) is 8. The van der Waals surface area contributed by atoms with Gasteiger partial charge in [0, 0.05) is 19.5 Å². The number of ether oxygens (including phenoxy) is 3. The topological polar surface area (TPSA) is 202 Å². The van der Waals surface area contributed by atoms with Crippen LogP contribution in [0.15, 0.2) is 0 Å². The lowest BCUT2D eigenvalue weighted by molar-refractivity contribution is -0.301. The minimum absolute atomic E-state index is 0.0323. The first-order valence-electron chi connectivity index (χ1n) is 13.7. The highest BCUT2D eigenvalue weighted by molar-refractivity contribution is 5.75. The van der Waals surface area contributed by atoms with Crippen molar-refractivity contribution in [2.45, 2.75) is 114 Å². The molecule has 2 heterocycles. The van der Waals surface area contributed by atoms with Gasteiger partial charge in [0.2, 0.25) is 5.91 Å². The van der Waals surface area contributed by atoms with E-state index in [1.807, 2.05) is 6.92 Å². The monoisotopic (exact) mass is 552 g/mol. The van der Waals surface area contributed by atoms with E-state index in [0.717, 1.165) is 19.3 Å². The molecule has 13 heteroatoms. The van der Waals surface area contributed by atoms with Crippen LogP contribution in [0.25, 0.3) is 0 Å². The Labute approximate surface area is 224 Å². The first-order chi connectivity index (χ1) is 18.1. The van der Waals surface area contributed by atoms with Crippen LogP contribution in [0.2, 0.25) is 0 Å². The molecule has 8 N–H and O–H groups in total. The maximum atomic E-state index is 11.6. The number of rotatable bonds is 16. The van der Waals surface area contributed by atoms with E-state index in [0.29, 0.717) is 45.4 Å². The van der Waals surface area contributed by atoms with Gasteiger partial charge in [-0.1, -0.05) is 6.42 Å². The van der Waals surface area contributed by atoms with Gasteiger partial charge in [-0.25, -0.2) is 0 Å². The first kappa shape index (κ1) is 33.2. The summed E-state index contributed by atoms with van der Waals surface area (Å²) in [5, 5.41) is 72.4. The molecule has 38 heavy (non-hydrogen) atoms. The van der Waals surface area contributed by atoms with Crippen molar-refractivity contribution in [3.8, 4) is 0 Å². The standard InChI is InChI=1S/C25H48N2O11/c1-3-26-18(29)9-5-4-6-10-27(11-7-8-16-20(31)22(33)19(30)15(2)37-16)12-13-36-25-24(35)23(34)21(32)17(14-28)38-25/h15-17,19-25,28,30-35H,3-14H2,1-2H3,(H,26,29)/t15-,16-,17+,19+,20+,21+,22+,23-,24+,25?/m0/s1. The smallest absolute Gasteiger partial charge is 0.219 e. The summed E-state index contributed by atoms with van der Waals surface area (Å²) < 4.78 is 16.7. The highest BCUT2D eigenvalue weighted by atomic mass is 16.7. The van der Waals surface area contributed by atoms with Crippen molar-refractivity contribution >= 4 is 5.91 Å². The highest BCUT2D eigenvalue weighted by Gasteiger charge is 2.44. The second-order valence-electron chi connectivity index (χ2n) is 10.2. The minimum Gasteiger partial charge on any atom is -0.394 e. The predicted octanol–water partition coefficient (Wildman–Crippen LogP) is -2.55. The molecule has 0 radical (unpaired) electrons. The van der Waals surface area contributed by atoms with Gasteiger partial charge in [0.25, 0.3) is 0 Å². The fraction of sp³-hybridized carbons (Fsp3) is 0.960. The van der Waals surface area contributed by atoms with E-state index in [-0.39, 0.29) is 12.5 Å². The molecule has 1 amide bonds. The number of nitrogens with one attached hydrogen (secondary N) is 1. The van der Waals surface area contributed by atoms with Crippen LogP contribution in [0, 0.1) is 0 Å². The molecule has 0 spiro atoms. The van der Waals surface area contributed by atoms with Crippen LogP contribution in [0.3, 0.4) is 0 Å². The van der Waals surface area contributed by atoms with E-state index in [1.165, 1.54) is 0 Å². The van der Waals surface area contributed by atoms with Crippen LogP contribution in [0.5, 0.6) is 0 Å². The Morgan fingerprint density at radius 2 is 1.47 bits per heavy atom. The molecule has 0 bridgehead atoms. The molecule has 0 aliphatic carbocycles. The number of unbranched alkanes of at least 4 members (excludes halogenated alkanes) is 2. The third-order valence-electron chi connectivity index (χ3n) is 7.20. The molecule has 1 unspecified atom stereocenters. The number of nitrogens with zero attached hydrogens (tertiary/aromatic N) is 1. The maximum absolute atomic E-state index is 11.6. The molecule has 2 saturated heterocycles. The van der Waals surface area contributed by atoms with Crippen molar-refractivity contribution in [2.24, 2.45) is 0 Å². The van der Waals surface area contributed by atoms with Gasteiger partial charge in [0.15, 0.2) is 6.29 Å². The average molecular weight is 553 g/mol. The van der Waals surface area contributed by atoms with Crippen molar-refractivity contribution in [3.63, 3.8) is 0 Å². The van der Waals surface area contributed by atoms with Gasteiger partial charge in [-0.05, 0) is 52.6 Å². The summed E-state index contributed by atoms with van der Waals surface area (Å²) in [6, 6.07) is 0. The molecule has 0 aromatic rings. The molecule has 2 rings (SSSR count). The predicted molar refractivity (Wildman–Crippen MR) is 135 cm³/mol. The van der Waals surface area contributed by atoms with Gasteiger partial charge in [-0.15, -0.1) is 0 Å². The first-order valence-corrected chi connectivity index (χ1v) is 13.7. The molecule has 0 aromatic carbocycles. The summed E-state index contributed by atoms with van der Waals surface area (Å²) in [7, 11) is 0. The van der Waals surface area contributed by atoms with Crippen molar-refractivity contribution in [3.05, 3.63) is 0 Å². The normalized spacial score (nSPS) is 35.9. The summed E-state index contributed by atoms with van der Waals surface area (Å²) in [5.41, 5.74) is 0. The molecule has 10 atom stereocenters. The quantitative estimate of drug-likeness (QED) is 0.0933. The van der Waals surface area contributed by atoms with Gasteiger partial charge in [0.1, 0.15) is 42.7 Å². The van der Waals surface area contributed by atoms with Gasteiger partial charge in [-0.3, -0.25) is 4.79 Å². The lowest BCUT2D eigenvalue weighted by Crippen LogP contribution is -2.59. The number of aliphatic hydroxyl groups excluding tert-OH is 7. The summed E-state index contributed by atoms with van der Waals surface area (Å²) in [6.45, 7) is 5.53. The number of carbonyl (C=O) groups excluding carboxylic acids is 1. The van der Waals surface area contributed by atoms with Crippen LogP contribution in [0.1, 0.15) is 52.4 Å². The molecule has 0 saturated carbocycles. The van der Waals surface area contributed by atoms with Crippen LogP contribution >= 0.6 is 0 Å². The second kappa shape index (κ2) is 17.0. The highest BCUT2D eigenvalue weighted by Crippen LogP contribution is 2.24. The second-order valence-corrected chi connectivity index (χ2v) is 10.2. The Kier molecular flexibility index (Phi) is 14.9. The molecule has 224 valence electrons. The van der Waals surface area contributed by atoms with E-state index in [9.17, 15) is 40.5 Å². The van der Waals surface area contributed by atoms with Gasteiger partial charge in [-0.2, -0.15) is 0 Å². The zero-order valence-electron chi connectivity index (χ0n) is 22.5. The van der Waals surface area contributed by atoms with E-state index < -0.39 is 67.8 Å².